The molecule has 0 radical (unpaired) electrons. The fourth-order valence-corrected chi connectivity index (χ4v) is 4.46. The number of carbonyl (C=O) groups excluding carboxylic acids is 2. The third kappa shape index (κ3) is 2.35. The summed E-state index contributed by atoms with van der Waals surface area (Å²) in [6.07, 6.45) is 10.3. The molecule has 3 amide bonds. The maximum absolute atomic E-state index is 13.1. The van der Waals surface area contributed by atoms with Crippen LogP contribution < -0.4 is 10.6 Å². The van der Waals surface area contributed by atoms with Gasteiger partial charge in [-0.05, 0) is 45.4 Å². The van der Waals surface area contributed by atoms with Crippen LogP contribution in [0.5, 0.6) is 0 Å². The van der Waals surface area contributed by atoms with Crippen LogP contribution in [0.1, 0.15) is 71.1 Å². The number of rotatable bonds is 1. The van der Waals surface area contributed by atoms with Gasteiger partial charge in [0.05, 0.1) is 0 Å². The van der Waals surface area contributed by atoms with Crippen molar-refractivity contribution in [3.8, 4) is 0 Å². The van der Waals surface area contributed by atoms with Crippen LogP contribution in [0.25, 0.3) is 0 Å². The number of nitrogens with zero attached hydrogens (tertiary/aromatic N) is 1. The Bertz CT molecular complexity index is 423. The third-order valence-corrected chi connectivity index (χ3v) is 5.43. The highest BCUT2D eigenvalue weighted by molar-refractivity contribution is 6.02. The summed E-state index contributed by atoms with van der Waals surface area (Å²) in [4.78, 5) is 27.1. The van der Waals surface area contributed by atoms with Crippen LogP contribution in [-0.4, -0.2) is 34.6 Å². The summed E-state index contributed by atoms with van der Waals surface area (Å²) in [6, 6.07) is -0.209. The van der Waals surface area contributed by atoms with Crippen LogP contribution in [0, 0.1) is 0 Å². The normalized spacial score (nSPS) is 27.3. The van der Waals surface area contributed by atoms with E-state index in [1.165, 1.54) is 12.8 Å². The predicted molar refractivity (Wildman–Crippen MR) is 80.7 cm³/mol. The highest BCUT2D eigenvalue weighted by Gasteiger charge is 2.60. The molecule has 3 rings (SSSR count). The molecule has 0 aromatic heterocycles. The maximum atomic E-state index is 13.1. The number of urea groups is 1. The molecule has 2 N–H and O–H groups in total. The second-order valence-electron chi connectivity index (χ2n) is 6.84. The number of carbonyl (C=O) groups is 2. The second-order valence-corrected chi connectivity index (χ2v) is 6.84. The summed E-state index contributed by atoms with van der Waals surface area (Å²) in [6.45, 7) is 2.46. The van der Waals surface area contributed by atoms with Gasteiger partial charge in [-0.2, -0.15) is 0 Å². The highest BCUT2D eigenvalue weighted by Crippen LogP contribution is 2.44. The summed E-state index contributed by atoms with van der Waals surface area (Å²) in [7, 11) is 0. The minimum atomic E-state index is -0.472. The third-order valence-electron chi connectivity index (χ3n) is 5.43. The number of imide groups is 1. The molecule has 5 heteroatoms. The summed E-state index contributed by atoms with van der Waals surface area (Å²) in [5, 5.41) is 6.51. The van der Waals surface area contributed by atoms with Crippen LogP contribution in [-0.2, 0) is 4.79 Å². The summed E-state index contributed by atoms with van der Waals surface area (Å²) in [5.74, 6) is 0.0232. The van der Waals surface area contributed by atoms with Crippen LogP contribution in [0.3, 0.4) is 0 Å². The SMILES string of the molecule is CCNC(=O)N1C(=O)C2(CCCCC2)NC12CCCCC2. The van der Waals surface area contributed by atoms with Gasteiger partial charge in [-0.3, -0.25) is 10.1 Å². The molecule has 118 valence electrons. The summed E-state index contributed by atoms with van der Waals surface area (Å²) >= 11 is 0. The van der Waals surface area contributed by atoms with E-state index in [1.807, 2.05) is 6.92 Å². The number of amides is 3. The highest BCUT2D eigenvalue weighted by atomic mass is 16.2. The Balaban J connectivity index is 1.93. The lowest BCUT2D eigenvalue weighted by Crippen LogP contribution is -2.59. The van der Waals surface area contributed by atoms with Crippen molar-refractivity contribution < 1.29 is 9.59 Å². The number of hydrogen-bond acceptors (Lipinski definition) is 3. The van der Waals surface area contributed by atoms with Crippen LogP contribution >= 0.6 is 0 Å². The topological polar surface area (TPSA) is 61.4 Å². The molecule has 1 aliphatic heterocycles. The fourth-order valence-electron chi connectivity index (χ4n) is 4.46. The molecule has 0 unspecified atom stereocenters. The molecule has 0 atom stereocenters. The van der Waals surface area contributed by atoms with Crippen molar-refractivity contribution in [3.63, 3.8) is 0 Å². The van der Waals surface area contributed by atoms with Crippen molar-refractivity contribution in [1.29, 1.82) is 0 Å². The molecule has 0 aromatic rings. The molecule has 21 heavy (non-hydrogen) atoms. The monoisotopic (exact) mass is 293 g/mol. The lowest BCUT2D eigenvalue weighted by molar-refractivity contribution is -0.133. The summed E-state index contributed by atoms with van der Waals surface area (Å²) in [5.41, 5.74) is -0.896. The lowest BCUT2D eigenvalue weighted by Gasteiger charge is -2.40. The Hall–Kier alpha value is -1.10. The molecule has 1 saturated heterocycles. The van der Waals surface area contributed by atoms with E-state index in [0.717, 1.165) is 51.4 Å². The minimum absolute atomic E-state index is 0.0232. The van der Waals surface area contributed by atoms with E-state index >= 15 is 0 Å². The van der Waals surface area contributed by atoms with E-state index in [1.54, 1.807) is 4.90 Å². The predicted octanol–water partition coefficient (Wildman–Crippen LogP) is 2.51. The Kier molecular flexibility index (Phi) is 3.95. The zero-order valence-electron chi connectivity index (χ0n) is 13.0. The smallest absolute Gasteiger partial charge is 0.325 e. The molecule has 1 heterocycles. The van der Waals surface area contributed by atoms with Crippen molar-refractivity contribution in [2.45, 2.75) is 82.3 Å². The Labute approximate surface area is 126 Å². The summed E-state index contributed by atoms with van der Waals surface area (Å²) < 4.78 is 0. The van der Waals surface area contributed by atoms with Gasteiger partial charge in [0.1, 0.15) is 11.2 Å². The first-order valence-corrected chi connectivity index (χ1v) is 8.55. The van der Waals surface area contributed by atoms with Crippen LogP contribution in [0.15, 0.2) is 0 Å². The van der Waals surface area contributed by atoms with E-state index < -0.39 is 11.2 Å². The van der Waals surface area contributed by atoms with E-state index in [-0.39, 0.29) is 11.9 Å². The maximum Gasteiger partial charge on any atom is 0.325 e. The Morgan fingerprint density at radius 2 is 1.67 bits per heavy atom. The van der Waals surface area contributed by atoms with Gasteiger partial charge in [0.25, 0.3) is 5.91 Å². The second kappa shape index (κ2) is 5.59. The molecule has 2 spiro atoms. The fraction of sp³-hybridized carbons (Fsp3) is 0.875. The van der Waals surface area contributed by atoms with Crippen molar-refractivity contribution >= 4 is 11.9 Å². The van der Waals surface area contributed by atoms with Gasteiger partial charge < -0.3 is 5.32 Å². The van der Waals surface area contributed by atoms with Gasteiger partial charge >= 0.3 is 6.03 Å². The molecule has 2 aliphatic carbocycles. The van der Waals surface area contributed by atoms with Crippen molar-refractivity contribution in [2.75, 3.05) is 6.54 Å². The van der Waals surface area contributed by atoms with Gasteiger partial charge in [0.15, 0.2) is 0 Å². The van der Waals surface area contributed by atoms with Crippen molar-refractivity contribution in [2.24, 2.45) is 0 Å². The molecule has 0 aromatic carbocycles. The van der Waals surface area contributed by atoms with Crippen molar-refractivity contribution in [3.05, 3.63) is 0 Å². The van der Waals surface area contributed by atoms with Crippen LogP contribution in [0.4, 0.5) is 4.79 Å². The first-order chi connectivity index (χ1) is 10.1. The van der Waals surface area contributed by atoms with Gasteiger partial charge in [0, 0.05) is 6.54 Å². The molecule has 5 nitrogen and oxygen atoms in total. The zero-order valence-corrected chi connectivity index (χ0v) is 13.0. The average Bonchev–Trinajstić information content (AvgIpc) is 2.69. The zero-order chi connectivity index (χ0) is 14.9. The molecule has 2 saturated carbocycles. The average molecular weight is 293 g/mol. The minimum Gasteiger partial charge on any atom is -0.338 e. The van der Waals surface area contributed by atoms with Gasteiger partial charge in [-0.25, -0.2) is 9.69 Å². The van der Waals surface area contributed by atoms with E-state index in [0.29, 0.717) is 6.54 Å². The molecular formula is C16H27N3O2. The quantitative estimate of drug-likeness (QED) is 0.781. The molecule has 0 bridgehead atoms. The van der Waals surface area contributed by atoms with Crippen LogP contribution in [0.2, 0.25) is 0 Å². The lowest BCUT2D eigenvalue weighted by atomic mass is 9.81. The Morgan fingerprint density at radius 3 is 2.24 bits per heavy atom. The van der Waals surface area contributed by atoms with E-state index in [4.69, 9.17) is 0 Å². The van der Waals surface area contributed by atoms with E-state index in [9.17, 15) is 9.59 Å². The molecular weight excluding hydrogens is 266 g/mol. The largest absolute Gasteiger partial charge is 0.338 e. The van der Waals surface area contributed by atoms with Gasteiger partial charge in [-0.1, -0.05) is 25.7 Å². The molecule has 3 aliphatic rings. The van der Waals surface area contributed by atoms with Crippen molar-refractivity contribution in [1.82, 2.24) is 15.5 Å². The molecule has 3 fully saturated rings. The number of nitrogens with one attached hydrogen (secondary N) is 2. The van der Waals surface area contributed by atoms with Gasteiger partial charge in [-0.15, -0.1) is 0 Å². The first kappa shape index (κ1) is 14.8. The Morgan fingerprint density at radius 1 is 1.10 bits per heavy atom. The first-order valence-electron chi connectivity index (χ1n) is 8.55. The standard InChI is InChI=1S/C16H27N3O2/c1-2-17-14(21)19-13(20)15(9-5-3-6-10-15)18-16(19)11-7-4-8-12-16/h18H,2-12H2,1H3,(H,17,21). The number of hydrogen-bond donors (Lipinski definition) is 2. The van der Waals surface area contributed by atoms with E-state index in [2.05, 4.69) is 10.6 Å². The van der Waals surface area contributed by atoms with Gasteiger partial charge in [0.2, 0.25) is 0 Å².